The number of rotatable bonds is 6. The summed E-state index contributed by atoms with van der Waals surface area (Å²) in [4.78, 5) is 0. The van der Waals surface area contributed by atoms with Crippen molar-refractivity contribution in [1.29, 1.82) is 5.41 Å². The molecule has 1 atom stereocenters. The molecule has 0 saturated heterocycles. The summed E-state index contributed by atoms with van der Waals surface area (Å²) in [5.41, 5.74) is 6.75. The van der Waals surface area contributed by atoms with Crippen LogP contribution >= 0.6 is 11.8 Å². The third-order valence-electron chi connectivity index (χ3n) is 2.23. The molecule has 1 rings (SSSR count). The maximum atomic E-state index is 7.28. The van der Waals surface area contributed by atoms with E-state index in [0.717, 1.165) is 12.2 Å². The summed E-state index contributed by atoms with van der Waals surface area (Å²) in [5.74, 6) is 1.30. The highest BCUT2D eigenvalue weighted by atomic mass is 32.2. The third kappa shape index (κ3) is 4.88. The van der Waals surface area contributed by atoms with Crippen molar-refractivity contribution >= 4 is 17.6 Å². The van der Waals surface area contributed by atoms with E-state index in [1.165, 1.54) is 5.56 Å². The maximum Gasteiger partial charge on any atom is 0.0916 e. The van der Waals surface area contributed by atoms with Crippen LogP contribution in [0.5, 0.6) is 0 Å². The molecule has 3 N–H and O–H groups in total. The van der Waals surface area contributed by atoms with Gasteiger partial charge in [-0.05, 0) is 12.0 Å². The minimum atomic E-state index is 0.294. The third-order valence-corrected chi connectivity index (χ3v) is 3.70. The van der Waals surface area contributed by atoms with Crippen LogP contribution in [0.3, 0.4) is 0 Å². The zero-order valence-electron chi connectivity index (χ0n) is 9.07. The second-order valence-corrected chi connectivity index (χ2v) is 4.84. The van der Waals surface area contributed by atoms with Gasteiger partial charge in [0.1, 0.15) is 0 Å². The van der Waals surface area contributed by atoms with Crippen molar-refractivity contribution in [3.63, 3.8) is 0 Å². The number of nitrogens with one attached hydrogen (secondary N) is 1. The Morgan fingerprint density at radius 1 is 1.40 bits per heavy atom. The first-order valence-electron chi connectivity index (χ1n) is 5.20. The van der Waals surface area contributed by atoms with E-state index >= 15 is 0 Å². The topological polar surface area (TPSA) is 49.9 Å². The first-order valence-corrected chi connectivity index (χ1v) is 6.25. The van der Waals surface area contributed by atoms with E-state index in [-0.39, 0.29) is 0 Å². The van der Waals surface area contributed by atoms with E-state index < -0.39 is 0 Å². The van der Waals surface area contributed by atoms with E-state index in [4.69, 9.17) is 11.1 Å². The highest BCUT2D eigenvalue weighted by Crippen LogP contribution is 2.22. The molecule has 0 aromatic heterocycles. The molecular formula is C12H18N2S. The molecule has 1 unspecified atom stereocenters. The van der Waals surface area contributed by atoms with Gasteiger partial charge >= 0.3 is 0 Å². The Morgan fingerprint density at radius 3 is 2.60 bits per heavy atom. The number of nitrogens with two attached hydrogens (primary N) is 1. The van der Waals surface area contributed by atoms with E-state index in [1.54, 1.807) is 0 Å². The van der Waals surface area contributed by atoms with Crippen LogP contribution in [0.25, 0.3) is 0 Å². The van der Waals surface area contributed by atoms with Crippen LogP contribution in [0.15, 0.2) is 30.3 Å². The highest BCUT2D eigenvalue weighted by molar-refractivity contribution is 7.99. The molecule has 2 nitrogen and oxygen atoms in total. The fourth-order valence-electron chi connectivity index (χ4n) is 1.35. The minimum Gasteiger partial charge on any atom is -0.388 e. The van der Waals surface area contributed by atoms with Gasteiger partial charge in [-0.15, -0.1) is 0 Å². The van der Waals surface area contributed by atoms with Crippen molar-refractivity contribution in [2.24, 2.45) is 5.73 Å². The Kier molecular flexibility index (Phi) is 5.26. The highest BCUT2D eigenvalue weighted by Gasteiger charge is 2.08. The zero-order chi connectivity index (χ0) is 11.1. The molecule has 0 spiro atoms. The summed E-state index contributed by atoms with van der Waals surface area (Å²) in [7, 11) is 0. The number of thioether (sulfide) groups is 1. The molecule has 0 aliphatic rings. The van der Waals surface area contributed by atoms with Gasteiger partial charge in [-0.1, -0.05) is 37.3 Å². The van der Waals surface area contributed by atoms with Crippen molar-refractivity contribution < 1.29 is 0 Å². The number of hydrogen-bond acceptors (Lipinski definition) is 2. The molecule has 0 amide bonds. The summed E-state index contributed by atoms with van der Waals surface area (Å²) in [6, 6.07) is 10.4. The predicted octanol–water partition coefficient (Wildman–Crippen LogP) is 3.02. The first kappa shape index (κ1) is 12.1. The lowest BCUT2D eigenvalue weighted by molar-refractivity contribution is 0.848. The molecule has 0 heterocycles. The quantitative estimate of drug-likeness (QED) is 0.574. The van der Waals surface area contributed by atoms with Crippen molar-refractivity contribution in [1.82, 2.24) is 0 Å². The molecule has 0 bridgehead atoms. The molecule has 0 radical (unpaired) electrons. The van der Waals surface area contributed by atoms with Crippen molar-refractivity contribution in [2.75, 3.05) is 0 Å². The molecule has 1 aromatic carbocycles. The molecule has 1 aromatic rings. The summed E-state index contributed by atoms with van der Waals surface area (Å²) in [5, 5.41) is 7.75. The lowest BCUT2D eigenvalue weighted by Gasteiger charge is -2.13. The lowest BCUT2D eigenvalue weighted by atomic mass is 10.2. The van der Waals surface area contributed by atoms with Crippen LogP contribution in [-0.2, 0) is 5.75 Å². The Balaban J connectivity index is 2.37. The van der Waals surface area contributed by atoms with Crippen LogP contribution in [0.1, 0.15) is 25.3 Å². The Hall–Kier alpha value is -0.960. The van der Waals surface area contributed by atoms with E-state index in [0.29, 0.717) is 17.5 Å². The number of hydrogen-bond donors (Lipinski definition) is 2. The maximum absolute atomic E-state index is 7.28. The van der Waals surface area contributed by atoms with Crippen molar-refractivity contribution in [3.8, 4) is 0 Å². The molecule has 15 heavy (non-hydrogen) atoms. The van der Waals surface area contributed by atoms with E-state index in [1.807, 2.05) is 17.8 Å². The molecule has 0 saturated carbocycles. The minimum absolute atomic E-state index is 0.294. The molecule has 3 heteroatoms. The average molecular weight is 222 g/mol. The van der Waals surface area contributed by atoms with Crippen LogP contribution in [-0.4, -0.2) is 11.1 Å². The summed E-state index contributed by atoms with van der Waals surface area (Å²) < 4.78 is 0. The molecule has 82 valence electrons. The predicted molar refractivity (Wildman–Crippen MR) is 68.3 cm³/mol. The smallest absolute Gasteiger partial charge is 0.0916 e. The first-order chi connectivity index (χ1) is 7.22. The summed E-state index contributed by atoms with van der Waals surface area (Å²) in [6.45, 7) is 2.14. The second kappa shape index (κ2) is 6.51. The standard InChI is InChI=1S/C12H18N2S/c1-2-11(8-12(13)14)15-9-10-6-4-3-5-7-10/h3-7,11H,2,8-9H2,1H3,(H3,13,14). The lowest BCUT2D eigenvalue weighted by Crippen LogP contribution is -2.16. The summed E-state index contributed by atoms with van der Waals surface area (Å²) in [6.07, 6.45) is 1.77. The Bertz CT molecular complexity index is 298. The fourth-order valence-corrected chi connectivity index (χ4v) is 2.51. The van der Waals surface area contributed by atoms with Crippen LogP contribution in [0, 0.1) is 5.41 Å². The largest absolute Gasteiger partial charge is 0.388 e. The van der Waals surface area contributed by atoms with Gasteiger partial charge < -0.3 is 5.73 Å². The SMILES string of the molecule is CCC(CC(=N)N)SCc1ccccc1. The van der Waals surface area contributed by atoms with Crippen LogP contribution in [0.4, 0.5) is 0 Å². The van der Waals surface area contributed by atoms with Crippen LogP contribution < -0.4 is 5.73 Å². The van der Waals surface area contributed by atoms with Gasteiger partial charge in [-0.3, -0.25) is 5.41 Å². The Labute approximate surface area is 95.8 Å². The van der Waals surface area contributed by atoms with Crippen LogP contribution in [0.2, 0.25) is 0 Å². The van der Waals surface area contributed by atoms with Crippen molar-refractivity contribution in [3.05, 3.63) is 35.9 Å². The zero-order valence-corrected chi connectivity index (χ0v) is 9.89. The second-order valence-electron chi connectivity index (χ2n) is 3.56. The monoisotopic (exact) mass is 222 g/mol. The van der Waals surface area contributed by atoms with Gasteiger partial charge in [-0.25, -0.2) is 0 Å². The molecule has 0 fully saturated rings. The van der Waals surface area contributed by atoms with Gasteiger partial charge in [0.25, 0.3) is 0 Å². The molecular weight excluding hydrogens is 204 g/mol. The van der Waals surface area contributed by atoms with Gasteiger partial charge in [0.2, 0.25) is 0 Å². The fraction of sp³-hybridized carbons (Fsp3) is 0.417. The molecule has 0 aliphatic carbocycles. The van der Waals surface area contributed by atoms with Gasteiger partial charge in [-0.2, -0.15) is 11.8 Å². The van der Waals surface area contributed by atoms with E-state index in [9.17, 15) is 0 Å². The number of benzene rings is 1. The van der Waals surface area contributed by atoms with Crippen molar-refractivity contribution in [2.45, 2.75) is 30.8 Å². The normalized spacial score (nSPS) is 12.3. The Morgan fingerprint density at radius 2 is 2.07 bits per heavy atom. The van der Waals surface area contributed by atoms with Gasteiger partial charge in [0.15, 0.2) is 0 Å². The molecule has 0 aliphatic heterocycles. The van der Waals surface area contributed by atoms with Gasteiger partial charge in [0, 0.05) is 17.4 Å². The number of amidine groups is 1. The summed E-state index contributed by atoms with van der Waals surface area (Å²) >= 11 is 1.88. The van der Waals surface area contributed by atoms with E-state index in [2.05, 4.69) is 31.2 Å². The average Bonchev–Trinajstić information content (AvgIpc) is 2.25. The van der Waals surface area contributed by atoms with Gasteiger partial charge in [0.05, 0.1) is 5.84 Å².